The zero-order valence-corrected chi connectivity index (χ0v) is 8.52. The summed E-state index contributed by atoms with van der Waals surface area (Å²) in [4.78, 5) is 0. The number of sulfone groups is 1. The lowest BCUT2D eigenvalue weighted by molar-refractivity contribution is 0.403. The highest BCUT2D eigenvalue weighted by Gasteiger charge is 2.48. The Morgan fingerprint density at radius 1 is 1.50 bits per heavy atom. The van der Waals surface area contributed by atoms with Crippen molar-refractivity contribution in [2.24, 2.45) is 11.7 Å². The first-order chi connectivity index (χ1) is 5.46. The third-order valence-electron chi connectivity index (χ3n) is 3.03. The molecule has 1 fully saturated rings. The molecule has 1 saturated heterocycles. The Balaban J connectivity index is 3.09. The molecule has 0 aliphatic carbocycles. The first-order valence-electron chi connectivity index (χ1n) is 4.38. The van der Waals surface area contributed by atoms with Gasteiger partial charge in [-0.15, -0.1) is 0 Å². The van der Waals surface area contributed by atoms with Gasteiger partial charge in [0.2, 0.25) is 0 Å². The van der Waals surface area contributed by atoms with Gasteiger partial charge >= 0.3 is 0 Å². The van der Waals surface area contributed by atoms with Gasteiger partial charge in [-0.1, -0.05) is 13.8 Å². The fourth-order valence-corrected chi connectivity index (χ4v) is 4.39. The van der Waals surface area contributed by atoms with E-state index in [1.165, 1.54) is 0 Å². The van der Waals surface area contributed by atoms with Crippen molar-refractivity contribution >= 4 is 9.84 Å². The van der Waals surface area contributed by atoms with Crippen LogP contribution in [0, 0.1) is 5.92 Å². The van der Waals surface area contributed by atoms with Gasteiger partial charge in [0, 0.05) is 6.54 Å². The molecule has 0 aromatic rings. The van der Waals surface area contributed by atoms with Gasteiger partial charge in [0.25, 0.3) is 0 Å². The van der Waals surface area contributed by atoms with E-state index in [0.717, 1.165) is 12.8 Å². The van der Waals surface area contributed by atoms with Crippen molar-refractivity contribution in [3.8, 4) is 0 Å². The second kappa shape index (κ2) is 3.00. The second-order valence-corrected chi connectivity index (χ2v) is 6.30. The van der Waals surface area contributed by atoms with Gasteiger partial charge in [-0.2, -0.15) is 0 Å². The van der Waals surface area contributed by atoms with E-state index in [2.05, 4.69) is 0 Å². The van der Waals surface area contributed by atoms with Crippen molar-refractivity contribution in [1.82, 2.24) is 0 Å². The van der Waals surface area contributed by atoms with Crippen molar-refractivity contribution in [2.45, 2.75) is 31.4 Å². The van der Waals surface area contributed by atoms with E-state index in [0.29, 0.717) is 5.75 Å². The third-order valence-corrected chi connectivity index (χ3v) is 5.94. The maximum Gasteiger partial charge on any atom is 0.157 e. The Bertz CT molecular complexity index is 258. The van der Waals surface area contributed by atoms with E-state index >= 15 is 0 Å². The van der Waals surface area contributed by atoms with E-state index < -0.39 is 14.6 Å². The first-order valence-corrected chi connectivity index (χ1v) is 6.04. The molecule has 1 atom stereocenters. The van der Waals surface area contributed by atoms with Gasteiger partial charge in [-0.25, -0.2) is 8.42 Å². The van der Waals surface area contributed by atoms with Gasteiger partial charge in [0.15, 0.2) is 9.84 Å². The topological polar surface area (TPSA) is 60.2 Å². The van der Waals surface area contributed by atoms with Gasteiger partial charge in [-0.05, 0) is 18.8 Å². The van der Waals surface area contributed by atoms with Crippen molar-refractivity contribution in [1.29, 1.82) is 0 Å². The predicted octanol–water partition coefficient (Wildman–Crippen LogP) is 0.549. The number of nitrogens with two attached hydrogens (primary N) is 1. The molecule has 1 aliphatic rings. The third kappa shape index (κ3) is 1.17. The van der Waals surface area contributed by atoms with Crippen molar-refractivity contribution in [3.05, 3.63) is 0 Å². The highest BCUT2D eigenvalue weighted by Crippen LogP contribution is 2.37. The minimum Gasteiger partial charge on any atom is -0.329 e. The molecule has 1 unspecified atom stereocenters. The highest BCUT2D eigenvalue weighted by molar-refractivity contribution is 7.93. The van der Waals surface area contributed by atoms with Crippen LogP contribution in [0.2, 0.25) is 0 Å². The van der Waals surface area contributed by atoms with Crippen molar-refractivity contribution < 1.29 is 8.42 Å². The smallest absolute Gasteiger partial charge is 0.157 e. The molecule has 0 bridgehead atoms. The standard InChI is InChI=1S/C8H17NO2S/c1-7(2)8(6-9)4-3-5-12(8,10)11/h7H,3-6,9H2,1-2H3. The molecule has 0 aromatic carbocycles. The van der Waals surface area contributed by atoms with E-state index in [-0.39, 0.29) is 12.5 Å². The Kier molecular flexibility index (Phi) is 2.50. The molecule has 2 N–H and O–H groups in total. The zero-order chi connectivity index (χ0) is 9.41. The fraction of sp³-hybridized carbons (Fsp3) is 1.00. The summed E-state index contributed by atoms with van der Waals surface area (Å²) in [5.41, 5.74) is 5.57. The molecule has 72 valence electrons. The molecule has 0 radical (unpaired) electrons. The average molecular weight is 191 g/mol. The summed E-state index contributed by atoms with van der Waals surface area (Å²) >= 11 is 0. The molecule has 0 spiro atoms. The fourth-order valence-electron chi connectivity index (χ4n) is 2.03. The maximum absolute atomic E-state index is 11.7. The highest BCUT2D eigenvalue weighted by atomic mass is 32.2. The summed E-state index contributed by atoms with van der Waals surface area (Å²) < 4.78 is 22.7. The summed E-state index contributed by atoms with van der Waals surface area (Å²) in [7, 11) is -2.92. The Hall–Kier alpha value is -0.0900. The lowest BCUT2D eigenvalue weighted by Crippen LogP contribution is -2.46. The van der Waals surface area contributed by atoms with E-state index in [4.69, 9.17) is 5.73 Å². The van der Waals surface area contributed by atoms with Crippen LogP contribution >= 0.6 is 0 Å². The molecular formula is C8H17NO2S. The van der Waals surface area contributed by atoms with Gasteiger partial charge in [-0.3, -0.25) is 0 Å². The number of rotatable bonds is 2. The average Bonchev–Trinajstić information content (AvgIpc) is 2.25. The molecule has 12 heavy (non-hydrogen) atoms. The lowest BCUT2D eigenvalue weighted by atomic mass is 9.91. The van der Waals surface area contributed by atoms with Crippen LogP contribution in [0.5, 0.6) is 0 Å². The normalized spacial score (nSPS) is 34.3. The van der Waals surface area contributed by atoms with Gasteiger partial charge in [0.05, 0.1) is 10.5 Å². The largest absolute Gasteiger partial charge is 0.329 e. The van der Waals surface area contributed by atoms with Gasteiger partial charge < -0.3 is 5.73 Å². The molecule has 0 amide bonds. The molecule has 1 heterocycles. The maximum atomic E-state index is 11.7. The lowest BCUT2D eigenvalue weighted by Gasteiger charge is -2.30. The first kappa shape index (κ1) is 9.99. The Morgan fingerprint density at radius 3 is 2.25 bits per heavy atom. The summed E-state index contributed by atoms with van der Waals surface area (Å²) in [6.07, 6.45) is 1.52. The van der Waals surface area contributed by atoms with Crippen LogP contribution < -0.4 is 5.73 Å². The van der Waals surface area contributed by atoms with E-state index in [9.17, 15) is 8.42 Å². The quantitative estimate of drug-likeness (QED) is 0.693. The number of hydrogen-bond donors (Lipinski definition) is 1. The summed E-state index contributed by atoms with van der Waals surface area (Å²) in [6, 6.07) is 0. The SMILES string of the molecule is CC(C)C1(CN)CCCS1(=O)=O. The van der Waals surface area contributed by atoms with Crippen molar-refractivity contribution in [2.75, 3.05) is 12.3 Å². The van der Waals surface area contributed by atoms with E-state index in [1.807, 2.05) is 13.8 Å². The molecule has 0 saturated carbocycles. The van der Waals surface area contributed by atoms with Crippen LogP contribution in [0.1, 0.15) is 26.7 Å². The Morgan fingerprint density at radius 2 is 2.08 bits per heavy atom. The minimum atomic E-state index is -2.92. The molecule has 4 heteroatoms. The monoisotopic (exact) mass is 191 g/mol. The van der Waals surface area contributed by atoms with Crippen LogP contribution in [0.4, 0.5) is 0 Å². The summed E-state index contributed by atoms with van der Waals surface area (Å²) in [5.74, 6) is 0.456. The van der Waals surface area contributed by atoms with Crippen molar-refractivity contribution in [3.63, 3.8) is 0 Å². The van der Waals surface area contributed by atoms with Crippen LogP contribution in [0.15, 0.2) is 0 Å². The second-order valence-electron chi connectivity index (χ2n) is 3.85. The molecule has 3 nitrogen and oxygen atoms in total. The zero-order valence-electron chi connectivity index (χ0n) is 7.71. The molecular weight excluding hydrogens is 174 g/mol. The summed E-state index contributed by atoms with van der Waals surface area (Å²) in [6.45, 7) is 4.15. The van der Waals surface area contributed by atoms with E-state index in [1.54, 1.807) is 0 Å². The predicted molar refractivity (Wildman–Crippen MR) is 49.6 cm³/mol. The van der Waals surface area contributed by atoms with Gasteiger partial charge in [0.1, 0.15) is 0 Å². The molecule has 1 aliphatic heterocycles. The summed E-state index contributed by atoms with van der Waals surface area (Å²) in [5, 5.41) is 0. The van der Waals surface area contributed by atoms with Crippen LogP contribution in [-0.4, -0.2) is 25.5 Å². The molecule has 1 rings (SSSR count). The van der Waals surface area contributed by atoms with Crippen LogP contribution in [-0.2, 0) is 9.84 Å². The van der Waals surface area contributed by atoms with Crippen LogP contribution in [0.25, 0.3) is 0 Å². The Labute approximate surface area is 74.3 Å². The minimum absolute atomic E-state index is 0.134. The number of hydrogen-bond acceptors (Lipinski definition) is 3. The molecule has 0 aromatic heterocycles. The van der Waals surface area contributed by atoms with Crippen LogP contribution in [0.3, 0.4) is 0 Å².